The van der Waals surface area contributed by atoms with Gasteiger partial charge in [-0.3, -0.25) is 0 Å². The van der Waals surface area contributed by atoms with Gasteiger partial charge in [-0.2, -0.15) is 0 Å². The third-order valence-electron chi connectivity index (χ3n) is 10.6. The van der Waals surface area contributed by atoms with Crippen molar-refractivity contribution < 1.29 is 0 Å². The summed E-state index contributed by atoms with van der Waals surface area (Å²) in [6.45, 7) is 0. The summed E-state index contributed by atoms with van der Waals surface area (Å²) >= 11 is 0. The molecule has 4 heteroatoms. The quantitative estimate of drug-likeness (QED) is 0.156. The first-order valence-corrected chi connectivity index (χ1v) is 19.5. The van der Waals surface area contributed by atoms with Gasteiger partial charge in [-0.15, -0.1) is 0 Å². The van der Waals surface area contributed by atoms with E-state index in [4.69, 9.17) is 19.9 Å². The maximum Gasteiger partial charge on any atom is 0.164 e. The topological polar surface area (TPSA) is 51.6 Å². The molecule has 8 aromatic carbocycles. The summed E-state index contributed by atoms with van der Waals surface area (Å²) in [6.07, 6.45) is 0. The molecule has 0 bridgehead atoms. The Hall–Kier alpha value is -7.82. The molecule has 0 fully saturated rings. The van der Waals surface area contributed by atoms with Crippen LogP contribution in [0.15, 0.2) is 218 Å². The van der Waals surface area contributed by atoms with Crippen LogP contribution in [0.25, 0.3) is 101 Å². The minimum atomic E-state index is 0.637. The number of pyridine rings is 1. The molecule has 10 rings (SSSR count). The van der Waals surface area contributed by atoms with E-state index in [1.165, 1.54) is 27.5 Å². The van der Waals surface area contributed by atoms with E-state index in [9.17, 15) is 0 Å². The van der Waals surface area contributed by atoms with Crippen LogP contribution < -0.4 is 0 Å². The molecule has 0 saturated heterocycles. The number of nitrogens with zero attached hydrogens (tertiary/aromatic N) is 4. The highest BCUT2D eigenvalue weighted by Crippen LogP contribution is 2.38. The number of fused-ring (bicyclic) bond motifs is 1. The first-order valence-electron chi connectivity index (χ1n) is 19.5. The van der Waals surface area contributed by atoms with E-state index in [0.29, 0.717) is 17.5 Å². The summed E-state index contributed by atoms with van der Waals surface area (Å²) in [4.78, 5) is 19.9. The van der Waals surface area contributed by atoms with Gasteiger partial charge in [-0.25, -0.2) is 19.9 Å². The van der Waals surface area contributed by atoms with Gasteiger partial charge in [0, 0.05) is 27.8 Å². The average Bonchev–Trinajstić information content (AvgIpc) is 3.32. The molecule has 4 nitrogen and oxygen atoms in total. The standard InChI is InChI=1S/C54H36N4/c1-5-15-37(16-6-1)46-35-49(40-17-7-2-8-18-40)55-50(36-46)41-31-27-38(28-32-41)47-25-13-23-42-24-14-26-48(51(42)47)39-29-33-45(34-30-39)54-57-52(43-19-9-3-10-20-43)56-53(58-54)44-21-11-4-12-22-44/h1-36H. The van der Waals surface area contributed by atoms with Crippen molar-refractivity contribution >= 4 is 10.8 Å². The Balaban J connectivity index is 1.01. The SMILES string of the molecule is c1ccc(-c2cc(-c3ccccc3)nc(-c3ccc(-c4cccc5cccc(-c6ccc(-c7nc(-c8ccccc8)nc(-c8ccccc8)n7)cc6)c45)cc3)c2)cc1. The van der Waals surface area contributed by atoms with E-state index in [-0.39, 0.29) is 0 Å². The van der Waals surface area contributed by atoms with Crippen LogP contribution in [0.1, 0.15) is 0 Å². The summed E-state index contributed by atoms with van der Waals surface area (Å²) in [5.41, 5.74) is 13.8. The highest BCUT2D eigenvalue weighted by atomic mass is 15.0. The molecule has 0 unspecified atom stereocenters. The van der Waals surface area contributed by atoms with Gasteiger partial charge in [0.2, 0.25) is 0 Å². The number of hydrogen-bond donors (Lipinski definition) is 0. The second-order valence-electron chi connectivity index (χ2n) is 14.3. The molecule has 2 aromatic heterocycles. The Morgan fingerprint density at radius 1 is 0.224 bits per heavy atom. The van der Waals surface area contributed by atoms with Crippen LogP contribution in [0.5, 0.6) is 0 Å². The fraction of sp³-hybridized carbons (Fsp3) is 0. The van der Waals surface area contributed by atoms with E-state index in [1.54, 1.807) is 0 Å². The van der Waals surface area contributed by atoms with Crippen LogP contribution in [0.3, 0.4) is 0 Å². The molecule has 2 heterocycles. The second-order valence-corrected chi connectivity index (χ2v) is 14.3. The second kappa shape index (κ2) is 15.4. The largest absolute Gasteiger partial charge is 0.248 e. The van der Waals surface area contributed by atoms with E-state index >= 15 is 0 Å². The zero-order valence-corrected chi connectivity index (χ0v) is 31.6. The molecule has 0 aliphatic carbocycles. The van der Waals surface area contributed by atoms with Crippen LogP contribution in [0.2, 0.25) is 0 Å². The lowest BCUT2D eigenvalue weighted by Gasteiger charge is -2.14. The van der Waals surface area contributed by atoms with Gasteiger partial charge in [-0.1, -0.05) is 206 Å². The molecule has 0 atom stereocenters. The summed E-state index contributed by atoms with van der Waals surface area (Å²) in [6, 6.07) is 76.0. The van der Waals surface area contributed by atoms with Gasteiger partial charge in [0.1, 0.15) is 0 Å². The van der Waals surface area contributed by atoms with Gasteiger partial charge in [0.25, 0.3) is 0 Å². The van der Waals surface area contributed by atoms with Crippen LogP contribution >= 0.6 is 0 Å². The van der Waals surface area contributed by atoms with Gasteiger partial charge >= 0.3 is 0 Å². The van der Waals surface area contributed by atoms with Crippen molar-refractivity contribution in [3.05, 3.63) is 218 Å². The van der Waals surface area contributed by atoms with Crippen molar-refractivity contribution in [1.82, 2.24) is 19.9 Å². The Kier molecular flexibility index (Phi) is 9.18. The molecule has 272 valence electrons. The van der Waals surface area contributed by atoms with Crippen LogP contribution in [-0.2, 0) is 0 Å². The fourth-order valence-corrected chi connectivity index (χ4v) is 7.61. The van der Waals surface area contributed by atoms with E-state index in [2.05, 4.69) is 152 Å². The minimum absolute atomic E-state index is 0.637. The number of rotatable bonds is 8. The van der Waals surface area contributed by atoms with Gasteiger partial charge in [0.15, 0.2) is 17.5 Å². The van der Waals surface area contributed by atoms with Gasteiger partial charge < -0.3 is 0 Å². The Bertz CT molecular complexity index is 2680. The third kappa shape index (κ3) is 6.95. The molecular formula is C54H36N4. The molecule has 58 heavy (non-hydrogen) atoms. The molecule has 0 saturated carbocycles. The van der Waals surface area contributed by atoms with Crippen molar-refractivity contribution in [3.63, 3.8) is 0 Å². The van der Waals surface area contributed by atoms with Crippen LogP contribution in [-0.4, -0.2) is 19.9 Å². The van der Waals surface area contributed by atoms with E-state index < -0.39 is 0 Å². The molecular weight excluding hydrogens is 705 g/mol. The first kappa shape index (κ1) is 34.7. The van der Waals surface area contributed by atoms with E-state index in [1.807, 2.05) is 66.7 Å². The summed E-state index contributed by atoms with van der Waals surface area (Å²) in [5, 5.41) is 2.39. The normalized spacial score (nSPS) is 11.1. The number of hydrogen-bond acceptors (Lipinski definition) is 4. The number of benzene rings is 8. The third-order valence-corrected chi connectivity index (χ3v) is 10.6. The maximum absolute atomic E-state index is 5.16. The zero-order valence-electron chi connectivity index (χ0n) is 31.6. The lowest BCUT2D eigenvalue weighted by atomic mass is 9.90. The highest BCUT2D eigenvalue weighted by Gasteiger charge is 2.15. The predicted octanol–water partition coefficient (Wildman–Crippen LogP) is 13.8. The monoisotopic (exact) mass is 740 g/mol. The van der Waals surface area contributed by atoms with Crippen molar-refractivity contribution in [2.24, 2.45) is 0 Å². The van der Waals surface area contributed by atoms with Crippen molar-refractivity contribution in [3.8, 4) is 90.1 Å². The Morgan fingerprint density at radius 2 is 0.569 bits per heavy atom. The maximum atomic E-state index is 5.16. The molecule has 0 spiro atoms. The lowest BCUT2D eigenvalue weighted by Crippen LogP contribution is -2.00. The minimum Gasteiger partial charge on any atom is -0.248 e. The summed E-state index contributed by atoms with van der Waals surface area (Å²) < 4.78 is 0. The van der Waals surface area contributed by atoms with Crippen molar-refractivity contribution in [2.75, 3.05) is 0 Å². The smallest absolute Gasteiger partial charge is 0.164 e. The lowest BCUT2D eigenvalue weighted by molar-refractivity contribution is 1.07. The molecule has 10 aromatic rings. The summed E-state index contributed by atoms with van der Waals surface area (Å²) in [7, 11) is 0. The van der Waals surface area contributed by atoms with Gasteiger partial charge in [-0.05, 0) is 56.3 Å². The van der Waals surface area contributed by atoms with Crippen molar-refractivity contribution in [1.29, 1.82) is 0 Å². The Morgan fingerprint density at radius 3 is 1.02 bits per heavy atom. The average molecular weight is 741 g/mol. The zero-order chi connectivity index (χ0) is 38.7. The highest BCUT2D eigenvalue weighted by molar-refractivity contribution is 6.06. The molecule has 0 aliphatic heterocycles. The van der Waals surface area contributed by atoms with Crippen molar-refractivity contribution in [2.45, 2.75) is 0 Å². The van der Waals surface area contributed by atoms with Crippen LogP contribution in [0, 0.1) is 0 Å². The van der Waals surface area contributed by atoms with Gasteiger partial charge in [0.05, 0.1) is 11.4 Å². The molecule has 0 N–H and O–H groups in total. The van der Waals surface area contributed by atoms with E-state index in [0.717, 1.165) is 55.9 Å². The summed E-state index contributed by atoms with van der Waals surface area (Å²) in [5.74, 6) is 1.93. The predicted molar refractivity (Wildman–Crippen MR) is 239 cm³/mol. The first-order chi connectivity index (χ1) is 28.7. The molecule has 0 amide bonds. The Labute approximate surface area is 337 Å². The number of aromatic nitrogens is 4. The molecule has 0 radical (unpaired) electrons. The van der Waals surface area contributed by atoms with Crippen LogP contribution in [0.4, 0.5) is 0 Å². The fourth-order valence-electron chi connectivity index (χ4n) is 7.61. The molecule has 0 aliphatic rings.